The van der Waals surface area contributed by atoms with Crippen LogP contribution in [-0.2, 0) is 14.3 Å². The van der Waals surface area contributed by atoms with E-state index in [4.69, 9.17) is 0 Å². The van der Waals surface area contributed by atoms with Crippen LogP contribution in [0, 0.1) is 10.1 Å². The Kier molecular flexibility index (Phi) is 5.62. The van der Waals surface area contributed by atoms with Crippen molar-refractivity contribution < 1.29 is 19.2 Å². The van der Waals surface area contributed by atoms with Crippen LogP contribution in [0.2, 0.25) is 0 Å². The van der Waals surface area contributed by atoms with Crippen molar-refractivity contribution in [2.45, 2.75) is 6.92 Å². The first-order chi connectivity index (χ1) is 11.9. The molecule has 0 radical (unpaired) electrons. The van der Waals surface area contributed by atoms with Crippen molar-refractivity contribution in [2.24, 2.45) is 0 Å². The molecule has 7 nitrogen and oxygen atoms in total. The second kappa shape index (κ2) is 7.87. The lowest BCUT2D eigenvalue weighted by Crippen LogP contribution is -2.07. The Labute approximate surface area is 144 Å². The quantitative estimate of drug-likeness (QED) is 0.389. The molecule has 2 aromatic carbocycles. The van der Waals surface area contributed by atoms with Gasteiger partial charge in [-0.25, -0.2) is 4.79 Å². The van der Waals surface area contributed by atoms with E-state index in [1.165, 1.54) is 38.3 Å². The van der Waals surface area contributed by atoms with Gasteiger partial charge in [0.05, 0.1) is 12.0 Å². The number of amides is 1. The highest BCUT2D eigenvalue weighted by molar-refractivity contribution is 5.96. The summed E-state index contributed by atoms with van der Waals surface area (Å²) in [5.74, 6) is -0.811. The van der Waals surface area contributed by atoms with Gasteiger partial charge in [0.15, 0.2) is 0 Å². The summed E-state index contributed by atoms with van der Waals surface area (Å²) in [5.41, 5.74) is 2.11. The molecule has 0 heterocycles. The van der Waals surface area contributed by atoms with Crippen LogP contribution in [0.15, 0.2) is 48.5 Å². The van der Waals surface area contributed by atoms with E-state index in [9.17, 15) is 19.7 Å². The van der Waals surface area contributed by atoms with Crippen LogP contribution in [0.3, 0.4) is 0 Å². The van der Waals surface area contributed by atoms with Crippen molar-refractivity contribution in [1.82, 2.24) is 0 Å². The van der Waals surface area contributed by atoms with Crippen molar-refractivity contribution in [1.29, 1.82) is 0 Å². The molecule has 0 aliphatic heterocycles. The summed E-state index contributed by atoms with van der Waals surface area (Å²) in [6.45, 7) is 1.36. The number of carbonyl (C=O) groups is 2. The predicted octanol–water partition coefficient (Wildman–Crippen LogP) is 3.41. The Bertz CT molecular complexity index is 858. The van der Waals surface area contributed by atoms with Crippen LogP contribution in [0.5, 0.6) is 0 Å². The molecule has 0 aromatic heterocycles. The molecule has 1 amide bonds. The molecule has 0 aliphatic carbocycles. The Morgan fingerprint density at radius 2 is 1.88 bits per heavy atom. The van der Waals surface area contributed by atoms with Crippen LogP contribution in [0.4, 0.5) is 11.4 Å². The minimum Gasteiger partial charge on any atom is -0.466 e. The van der Waals surface area contributed by atoms with Crippen LogP contribution >= 0.6 is 0 Å². The molecule has 0 saturated carbocycles. The summed E-state index contributed by atoms with van der Waals surface area (Å²) in [4.78, 5) is 33.4. The summed E-state index contributed by atoms with van der Waals surface area (Å²) in [6.07, 6.45) is 2.81. The average Bonchev–Trinajstić information content (AvgIpc) is 2.59. The molecule has 0 saturated heterocycles. The topological polar surface area (TPSA) is 98.5 Å². The van der Waals surface area contributed by atoms with Gasteiger partial charge in [-0.2, -0.15) is 0 Å². The number of rotatable bonds is 5. The van der Waals surface area contributed by atoms with E-state index >= 15 is 0 Å². The van der Waals surface area contributed by atoms with E-state index in [1.54, 1.807) is 30.3 Å². The monoisotopic (exact) mass is 340 g/mol. The highest BCUT2D eigenvalue weighted by atomic mass is 16.6. The Morgan fingerprint density at radius 1 is 1.16 bits per heavy atom. The molecular weight excluding hydrogens is 324 g/mol. The molecule has 128 valence electrons. The van der Waals surface area contributed by atoms with Gasteiger partial charge >= 0.3 is 5.97 Å². The number of nitro benzene ring substituents is 1. The third-order valence-corrected chi connectivity index (χ3v) is 3.38. The summed E-state index contributed by atoms with van der Waals surface area (Å²) >= 11 is 0. The number of benzene rings is 2. The maximum Gasteiger partial charge on any atom is 0.330 e. The summed E-state index contributed by atoms with van der Waals surface area (Å²) < 4.78 is 4.57. The first-order valence-corrected chi connectivity index (χ1v) is 7.34. The van der Waals surface area contributed by atoms with Crippen molar-refractivity contribution in [3.8, 4) is 11.1 Å². The number of carbonyl (C=O) groups excluding carboxylic acids is 2. The van der Waals surface area contributed by atoms with E-state index in [-0.39, 0.29) is 11.6 Å². The Morgan fingerprint density at radius 3 is 2.52 bits per heavy atom. The zero-order valence-corrected chi connectivity index (χ0v) is 13.7. The number of nitrogens with zero attached hydrogens (tertiary/aromatic N) is 1. The molecule has 1 N–H and O–H groups in total. The predicted molar refractivity (Wildman–Crippen MR) is 93.9 cm³/mol. The lowest BCUT2D eigenvalue weighted by Gasteiger charge is -2.12. The van der Waals surface area contributed by atoms with Crippen molar-refractivity contribution >= 4 is 29.3 Å². The SMILES string of the molecule is COC(=O)/C=C/c1ccccc1-c1cc([N+](=O)[O-])ccc1NC(C)=O. The first-order valence-electron chi connectivity index (χ1n) is 7.34. The molecular formula is C18H16N2O5. The van der Waals surface area contributed by atoms with Crippen molar-refractivity contribution in [3.05, 3.63) is 64.2 Å². The zero-order chi connectivity index (χ0) is 18.4. The lowest BCUT2D eigenvalue weighted by atomic mass is 9.97. The van der Waals surface area contributed by atoms with Gasteiger partial charge in [-0.1, -0.05) is 24.3 Å². The van der Waals surface area contributed by atoms with E-state index in [1.807, 2.05) is 0 Å². The second-order valence-corrected chi connectivity index (χ2v) is 5.11. The molecule has 0 spiro atoms. The van der Waals surface area contributed by atoms with Gasteiger partial charge in [0, 0.05) is 36.4 Å². The fourth-order valence-electron chi connectivity index (χ4n) is 2.28. The van der Waals surface area contributed by atoms with Crippen LogP contribution in [0.1, 0.15) is 12.5 Å². The van der Waals surface area contributed by atoms with Gasteiger partial charge in [-0.3, -0.25) is 14.9 Å². The summed E-state index contributed by atoms with van der Waals surface area (Å²) in [6, 6.07) is 11.2. The van der Waals surface area contributed by atoms with E-state index < -0.39 is 10.9 Å². The van der Waals surface area contributed by atoms with E-state index in [0.717, 1.165) is 0 Å². The molecule has 7 heteroatoms. The Balaban J connectivity index is 2.61. The molecule has 0 aliphatic rings. The van der Waals surface area contributed by atoms with E-state index in [2.05, 4.69) is 10.1 Å². The summed E-state index contributed by atoms with van der Waals surface area (Å²) in [5, 5.41) is 13.8. The minimum absolute atomic E-state index is 0.101. The largest absolute Gasteiger partial charge is 0.466 e. The van der Waals surface area contributed by atoms with Gasteiger partial charge in [0.2, 0.25) is 5.91 Å². The first kappa shape index (κ1) is 17.9. The van der Waals surface area contributed by atoms with Gasteiger partial charge < -0.3 is 10.1 Å². The number of non-ortho nitro benzene ring substituents is 1. The average molecular weight is 340 g/mol. The Hall–Kier alpha value is -3.48. The molecule has 0 atom stereocenters. The normalized spacial score (nSPS) is 10.5. The molecule has 0 bridgehead atoms. The van der Waals surface area contributed by atoms with Crippen LogP contribution in [-0.4, -0.2) is 23.9 Å². The highest BCUT2D eigenvalue weighted by Gasteiger charge is 2.15. The second-order valence-electron chi connectivity index (χ2n) is 5.11. The van der Waals surface area contributed by atoms with Gasteiger partial charge in [-0.05, 0) is 23.3 Å². The number of esters is 1. The fraction of sp³-hybridized carbons (Fsp3) is 0.111. The number of methoxy groups -OCH3 is 1. The zero-order valence-electron chi connectivity index (χ0n) is 13.7. The van der Waals surface area contributed by atoms with Crippen molar-refractivity contribution in [2.75, 3.05) is 12.4 Å². The maximum absolute atomic E-state index is 11.4. The fourth-order valence-corrected chi connectivity index (χ4v) is 2.28. The molecule has 0 unspecified atom stereocenters. The molecule has 25 heavy (non-hydrogen) atoms. The van der Waals surface area contributed by atoms with Gasteiger partial charge in [0.25, 0.3) is 5.69 Å². The third-order valence-electron chi connectivity index (χ3n) is 3.38. The summed E-state index contributed by atoms with van der Waals surface area (Å²) in [7, 11) is 1.27. The van der Waals surface area contributed by atoms with Crippen LogP contribution in [0.25, 0.3) is 17.2 Å². The minimum atomic E-state index is -0.518. The highest BCUT2D eigenvalue weighted by Crippen LogP contribution is 2.34. The molecule has 0 fully saturated rings. The molecule has 2 aromatic rings. The van der Waals surface area contributed by atoms with Gasteiger partial charge in [-0.15, -0.1) is 0 Å². The number of hydrogen-bond acceptors (Lipinski definition) is 5. The number of nitrogens with one attached hydrogen (secondary N) is 1. The maximum atomic E-state index is 11.4. The number of nitro groups is 1. The number of ether oxygens (including phenoxy) is 1. The molecule has 2 rings (SSSR count). The smallest absolute Gasteiger partial charge is 0.330 e. The van der Waals surface area contributed by atoms with Crippen molar-refractivity contribution in [3.63, 3.8) is 0 Å². The van der Waals surface area contributed by atoms with Crippen LogP contribution < -0.4 is 5.32 Å². The standard InChI is InChI=1S/C18H16N2O5/c1-12(21)19-17-9-8-14(20(23)24)11-16(17)15-6-4-3-5-13(15)7-10-18(22)25-2/h3-11H,1-2H3,(H,19,21)/b10-7+. The van der Waals surface area contributed by atoms with Gasteiger partial charge in [0.1, 0.15) is 0 Å². The van der Waals surface area contributed by atoms with E-state index in [0.29, 0.717) is 22.4 Å². The lowest BCUT2D eigenvalue weighted by molar-refractivity contribution is -0.384. The number of hydrogen-bond donors (Lipinski definition) is 1. The number of anilines is 1. The third kappa shape index (κ3) is 4.51.